The van der Waals surface area contributed by atoms with Crippen LogP contribution in [0.4, 0.5) is 13.2 Å². The minimum absolute atomic E-state index is 0.151. The topological polar surface area (TPSA) is 26.3 Å². The van der Waals surface area contributed by atoms with Gasteiger partial charge in [0.15, 0.2) is 0 Å². The van der Waals surface area contributed by atoms with E-state index in [1.807, 2.05) is 0 Å². The molecule has 1 aromatic carbocycles. The molecule has 0 aliphatic carbocycles. The number of hydrogen-bond acceptors (Lipinski definition) is 2. The van der Waals surface area contributed by atoms with E-state index in [1.165, 1.54) is 12.1 Å². The van der Waals surface area contributed by atoms with Crippen molar-refractivity contribution in [3.8, 4) is 5.75 Å². The largest absolute Gasteiger partial charge is 0.428 e. The van der Waals surface area contributed by atoms with Gasteiger partial charge in [0.25, 0.3) is 5.24 Å². The number of hydrogen-bond donors (Lipinski definition) is 0. The van der Waals surface area contributed by atoms with E-state index in [-0.39, 0.29) is 11.3 Å². The molecule has 2 nitrogen and oxygen atoms in total. The third-order valence-corrected chi connectivity index (χ3v) is 1.66. The van der Waals surface area contributed by atoms with Crippen molar-refractivity contribution in [3.05, 3.63) is 41.9 Å². The molecule has 0 aliphatic rings. The van der Waals surface area contributed by atoms with Gasteiger partial charge in [-0.1, -0.05) is 0 Å². The summed E-state index contributed by atoms with van der Waals surface area (Å²) in [7, 11) is 0. The standard InChI is InChI=1S/C9H4ClF3O2/c10-7(14)5-1-3-6(4-2-5)15-9(13)8(11)12/h1-4H. The van der Waals surface area contributed by atoms with Gasteiger partial charge in [0, 0.05) is 5.56 Å². The van der Waals surface area contributed by atoms with Crippen LogP contribution < -0.4 is 4.74 Å². The summed E-state index contributed by atoms with van der Waals surface area (Å²) in [5.74, 6) is -0.151. The summed E-state index contributed by atoms with van der Waals surface area (Å²) in [5, 5.41) is -0.700. The molecular weight excluding hydrogens is 233 g/mol. The average Bonchev–Trinajstić information content (AvgIpc) is 2.18. The van der Waals surface area contributed by atoms with Gasteiger partial charge in [0.2, 0.25) is 0 Å². The van der Waals surface area contributed by atoms with E-state index in [4.69, 9.17) is 11.6 Å². The molecule has 0 fully saturated rings. The zero-order chi connectivity index (χ0) is 11.4. The van der Waals surface area contributed by atoms with Crippen LogP contribution in [0, 0.1) is 0 Å². The fraction of sp³-hybridized carbons (Fsp3) is 0. The van der Waals surface area contributed by atoms with Crippen molar-refractivity contribution in [2.24, 2.45) is 0 Å². The molecule has 0 atom stereocenters. The average molecular weight is 237 g/mol. The molecule has 0 amide bonds. The molecule has 1 aromatic rings. The lowest BCUT2D eigenvalue weighted by Gasteiger charge is -2.01. The van der Waals surface area contributed by atoms with Gasteiger partial charge >= 0.3 is 12.1 Å². The maximum Gasteiger partial charge on any atom is 0.344 e. The number of halogens is 4. The molecule has 0 aliphatic heterocycles. The first-order valence-electron chi connectivity index (χ1n) is 3.69. The summed E-state index contributed by atoms with van der Waals surface area (Å²) >= 11 is 5.13. The van der Waals surface area contributed by atoms with E-state index in [1.54, 1.807) is 0 Å². The minimum atomic E-state index is -2.55. The Bertz CT molecular complexity index is 396. The highest BCUT2D eigenvalue weighted by Crippen LogP contribution is 2.19. The number of benzene rings is 1. The Morgan fingerprint density at radius 3 is 2.07 bits per heavy atom. The van der Waals surface area contributed by atoms with Crippen LogP contribution in [0.25, 0.3) is 0 Å². The smallest absolute Gasteiger partial charge is 0.344 e. The molecule has 80 valence electrons. The Labute approximate surface area is 87.9 Å². The van der Waals surface area contributed by atoms with Crippen LogP contribution in [0.1, 0.15) is 10.4 Å². The molecule has 0 spiro atoms. The predicted octanol–water partition coefficient (Wildman–Crippen LogP) is 3.48. The zero-order valence-corrected chi connectivity index (χ0v) is 7.89. The molecule has 0 radical (unpaired) electrons. The van der Waals surface area contributed by atoms with Crippen molar-refractivity contribution >= 4 is 16.8 Å². The summed E-state index contributed by atoms with van der Waals surface area (Å²) in [6.45, 7) is 0. The predicted molar refractivity (Wildman–Crippen MR) is 47.6 cm³/mol. The minimum Gasteiger partial charge on any atom is -0.428 e. The van der Waals surface area contributed by atoms with Crippen molar-refractivity contribution in [3.63, 3.8) is 0 Å². The summed E-state index contributed by atoms with van der Waals surface area (Å²) in [5.41, 5.74) is 0.161. The highest BCUT2D eigenvalue weighted by atomic mass is 35.5. The molecule has 0 unspecified atom stereocenters. The molecule has 0 aromatic heterocycles. The Balaban J connectivity index is 2.82. The lowest BCUT2D eigenvalue weighted by atomic mass is 10.2. The van der Waals surface area contributed by atoms with E-state index in [0.29, 0.717) is 0 Å². The fourth-order valence-corrected chi connectivity index (χ4v) is 0.922. The van der Waals surface area contributed by atoms with Gasteiger partial charge in [-0.2, -0.15) is 13.2 Å². The van der Waals surface area contributed by atoms with E-state index in [9.17, 15) is 18.0 Å². The Morgan fingerprint density at radius 1 is 1.13 bits per heavy atom. The fourth-order valence-electron chi connectivity index (χ4n) is 0.796. The summed E-state index contributed by atoms with van der Waals surface area (Å²) in [4.78, 5) is 10.6. The molecule has 6 heteroatoms. The lowest BCUT2D eigenvalue weighted by Crippen LogP contribution is -1.92. The van der Waals surface area contributed by atoms with Crippen LogP contribution in [-0.2, 0) is 0 Å². The molecule has 0 N–H and O–H groups in total. The van der Waals surface area contributed by atoms with Crippen molar-refractivity contribution in [1.29, 1.82) is 0 Å². The van der Waals surface area contributed by atoms with Crippen molar-refractivity contribution in [1.82, 2.24) is 0 Å². The van der Waals surface area contributed by atoms with Crippen LogP contribution in [0.5, 0.6) is 5.75 Å². The number of ether oxygens (including phenoxy) is 1. The molecular formula is C9H4ClF3O2. The number of rotatable bonds is 3. The Hall–Kier alpha value is -1.49. The van der Waals surface area contributed by atoms with Gasteiger partial charge in [-0.25, -0.2) is 0 Å². The molecule has 0 bridgehead atoms. The third-order valence-electron chi connectivity index (χ3n) is 1.44. The number of carbonyl (C=O) groups is 1. The van der Waals surface area contributed by atoms with Crippen LogP contribution in [-0.4, -0.2) is 5.24 Å². The van der Waals surface area contributed by atoms with Crippen LogP contribution >= 0.6 is 11.6 Å². The van der Waals surface area contributed by atoms with Gasteiger partial charge in [0.05, 0.1) is 0 Å². The van der Waals surface area contributed by atoms with Crippen molar-refractivity contribution < 1.29 is 22.7 Å². The first-order valence-corrected chi connectivity index (χ1v) is 4.07. The number of carbonyl (C=O) groups excluding carboxylic acids is 1. The molecule has 1 rings (SSSR count). The van der Waals surface area contributed by atoms with Crippen LogP contribution in [0.2, 0.25) is 0 Å². The monoisotopic (exact) mass is 236 g/mol. The Kier molecular flexibility index (Phi) is 3.74. The van der Waals surface area contributed by atoms with Gasteiger partial charge in [-0.05, 0) is 35.9 Å². The lowest BCUT2D eigenvalue weighted by molar-refractivity contribution is 0.108. The van der Waals surface area contributed by atoms with E-state index in [2.05, 4.69) is 4.74 Å². The third kappa shape index (κ3) is 3.28. The highest BCUT2D eigenvalue weighted by molar-refractivity contribution is 6.67. The van der Waals surface area contributed by atoms with Gasteiger partial charge < -0.3 is 4.74 Å². The van der Waals surface area contributed by atoms with E-state index in [0.717, 1.165) is 12.1 Å². The highest BCUT2D eigenvalue weighted by Gasteiger charge is 2.08. The van der Waals surface area contributed by atoms with Gasteiger partial charge in [-0.3, -0.25) is 4.79 Å². The summed E-state index contributed by atoms with van der Waals surface area (Å²) < 4.78 is 39.7. The molecule has 0 heterocycles. The zero-order valence-electron chi connectivity index (χ0n) is 7.14. The van der Waals surface area contributed by atoms with Gasteiger partial charge in [-0.15, -0.1) is 0 Å². The second kappa shape index (κ2) is 4.84. The van der Waals surface area contributed by atoms with Gasteiger partial charge in [0.1, 0.15) is 5.75 Å². The molecule has 0 saturated carbocycles. The van der Waals surface area contributed by atoms with E-state index >= 15 is 0 Å². The maximum absolute atomic E-state index is 12.3. The molecule has 15 heavy (non-hydrogen) atoms. The Morgan fingerprint density at radius 2 is 1.67 bits per heavy atom. The maximum atomic E-state index is 12.3. The van der Waals surface area contributed by atoms with Crippen molar-refractivity contribution in [2.45, 2.75) is 0 Å². The SMILES string of the molecule is O=C(Cl)c1ccc(OC(F)=C(F)F)cc1. The van der Waals surface area contributed by atoms with Crippen molar-refractivity contribution in [2.75, 3.05) is 0 Å². The second-order valence-corrected chi connectivity index (χ2v) is 2.78. The quantitative estimate of drug-likeness (QED) is 0.593. The summed E-state index contributed by atoms with van der Waals surface area (Å²) in [6, 6.07) is 2.79. The first-order chi connectivity index (χ1) is 7.00. The second-order valence-electron chi connectivity index (χ2n) is 2.43. The normalized spacial score (nSPS) is 9.60. The summed E-state index contributed by atoms with van der Waals surface area (Å²) in [6.07, 6.45) is -2.55. The first kappa shape index (κ1) is 11.6. The van der Waals surface area contributed by atoms with Crippen LogP contribution in [0.3, 0.4) is 0 Å². The molecule has 0 saturated heterocycles. The van der Waals surface area contributed by atoms with E-state index < -0.39 is 17.3 Å². The van der Waals surface area contributed by atoms with Crippen LogP contribution in [0.15, 0.2) is 36.4 Å².